The molecule has 0 fully saturated rings. The number of ether oxygens (including phenoxy) is 1. The number of nitrogens with zero attached hydrogens (tertiary/aromatic N) is 1. The maximum absolute atomic E-state index is 6.18. The molecule has 2 aromatic rings. The van der Waals surface area contributed by atoms with Gasteiger partial charge in [-0.1, -0.05) is 35.3 Å². The lowest BCUT2D eigenvalue weighted by Gasteiger charge is -2.08. The number of aliphatic imine (C=N–C) groups is 1. The second-order valence-electron chi connectivity index (χ2n) is 4.72. The molecule has 110 valence electrons. The normalized spacial score (nSPS) is 11.1. The fraction of sp³-hybridized carbons (Fsp3) is 0.235. The average Bonchev–Trinajstić information content (AvgIpc) is 2.44. The van der Waals surface area contributed by atoms with Crippen LogP contribution >= 0.6 is 23.2 Å². The monoisotopic (exact) mass is 321 g/mol. The van der Waals surface area contributed by atoms with E-state index in [9.17, 15) is 0 Å². The minimum Gasteiger partial charge on any atom is -0.491 e. The minimum atomic E-state index is 0.492. The molecule has 0 unspecified atom stereocenters. The van der Waals surface area contributed by atoms with Gasteiger partial charge in [0.2, 0.25) is 0 Å². The van der Waals surface area contributed by atoms with Crippen molar-refractivity contribution in [3.8, 4) is 5.75 Å². The van der Waals surface area contributed by atoms with Crippen molar-refractivity contribution in [1.29, 1.82) is 0 Å². The van der Waals surface area contributed by atoms with Crippen molar-refractivity contribution in [1.82, 2.24) is 0 Å². The van der Waals surface area contributed by atoms with E-state index < -0.39 is 0 Å². The molecule has 21 heavy (non-hydrogen) atoms. The van der Waals surface area contributed by atoms with Crippen LogP contribution in [0.1, 0.15) is 23.6 Å². The quantitative estimate of drug-likeness (QED) is 0.656. The highest BCUT2D eigenvalue weighted by atomic mass is 35.5. The van der Waals surface area contributed by atoms with Gasteiger partial charge < -0.3 is 4.74 Å². The van der Waals surface area contributed by atoms with Gasteiger partial charge in [0.15, 0.2) is 5.75 Å². The first kappa shape index (κ1) is 15.9. The summed E-state index contributed by atoms with van der Waals surface area (Å²) in [5, 5.41) is 0.985. The molecule has 0 radical (unpaired) electrons. The Hall–Kier alpha value is -1.51. The van der Waals surface area contributed by atoms with Gasteiger partial charge in [0.05, 0.1) is 22.3 Å². The van der Waals surface area contributed by atoms with Crippen LogP contribution in [0.25, 0.3) is 0 Å². The third-order valence-corrected chi connectivity index (χ3v) is 3.80. The smallest absolute Gasteiger partial charge is 0.156 e. The molecule has 0 spiro atoms. The summed E-state index contributed by atoms with van der Waals surface area (Å²) in [7, 11) is 0. The molecule has 0 saturated carbocycles. The van der Waals surface area contributed by atoms with Gasteiger partial charge in [0.25, 0.3) is 0 Å². The van der Waals surface area contributed by atoms with E-state index in [1.807, 2.05) is 19.1 Å². The predicted molar refractivity (Wildman–Crippen MR) is 90.8 cm³/mol. The molecule has 2 aromatic carbocycles. The summed E-state index contributed by atoms with van der Waals surface area (Å²) in [5.74, 6) is 0.518. The molecule has 0 heterocycles. The molecule has 2 rings (SSSR count). The highest BCUT2D eigenvalue weighted by Gasteiger charge is 2.08. The second-order valence-corrected chi connectivity index (χ2v) is 5.54. The van der Waals surface area contributed by atoms with Crippen LogP contribution in [0.15, 0.2) is 35.3 Å². The number of hydrogen-bond donors (Lipinski definition) is 0. The van der Waals surface area contributed by atoms with E-state index in [0.717, 1.165) is 16.8 Å². The highest BCUT2D eigenvalue weighted by Crippen LogP contribution is 2.34. The lowest BCUT2D eigenvalue weighted by Crippen LogP contribution is -1.94. The van der Waals surface area contributed by atoms with Gasteiger partial charge in [-0.15, -0.1) is 0 Å². The Kier molecular flexibility index (Phi) is 5.27. The Morgan fingerprint density at radius 3 is 2.43 bits per heavy atom. The predicted octanol–water partition coefficient (Wildman–Crippen LogP) is 5.76. The van der Waals surface area contributed by atoms with E-state index in [1.54, 1.807) is 18.3 Å². The number of aryl methyl sites for hydroxylation is 1. The Bertz CT molecular complexity index is 657. The number of benzene rings is 2. The van der Waals surface area contributed by atoms with Crippen molar-refractivity contribution in [2.75, 3.05) is 6.61 Å². The van der Waals surface area contributed by atoms with Gasteiger partial charge in [-0.25, -0.2) is 0 Å². The van der Waals surface area contributed by atoms with E-state index in [1.165, 1.54) is 5.56 Å². The maximum Gasteiger partial charge on any atom is 0.156 e. The molecule has 0 amide bonds. The molecule has 0 saturated heterocycles. The molecule has 0 aliphatic heterocycles. The molecular formula is C17H17Cl2NO. The Morgan fingerprint density at radius 1 is 1.14 bits per heavy atom. The SMILES string of the molecule is CCOc1c(Cl)cc(C=Nc2cccc(C)c2C)cc1Cl. The average molecular weight is 322 g/mol. The van der Waals surface area contributed by atoms with Crippen LogP contribution in [-0.4, -0.2) is 12.8 Å². The van der Waals surface area contributed by atoms with Crippen LogP contribution < -0.4 is 4.74 Å². The Balaban J connectivity index is 2.31. The standard InChI is InChI=1S/C17H17Cl2NO/c1-4-21-17-14(18)8-13(9-15(17)19)10-20-16-7-5-6-11(2)12(16)3/h5-10H,4H2,1-3H3. The molecule has 2 nitrogen and oxygen atoms in total. The second kappa shape index (κ2) is 6.97. The summed E-state index contributed by atoms with van der Waals surface area (Å²) in [5.41, 5.74) is 4.16. The molecule has 4 heteroatoms. The van der Waals surface area contributed by atoms with Gasteiger partial charge in [0, 0.05) is 6.21 Å². The minimum absolute atomic E-state index is 0.492. The van der Waals surface area contributed by atoms with Crippen LogP contribution in [0.3, 0.4) is 0 Å². The van der Waals surface area contributed by atoms with Crippen LogP contribution in [0, 0.1) is 13.8 Å². The summed E-state index contributed by atoms with van der Waals surface area (Å²) in [6.45, 7) is 6.54. The highest BCUT2D eigenvalue weighted by molar-refractivity contribution is 6.37. The summed E-state index contributed by atoms with van der Waals surface area (Å²) < 4.78 is 5.41. The van der Waals surface area contributed by atoms with Crippen LogP contribution in [0.2, 0.25) is 10.0 Å². The van der Waals surface area contributed by atoms with E-state index in [0.29, 0.717) is 22.4 Å². The van der Waals surface area contributed by atoms with Gasteiger partial charge >= 0.3 is 0 Å². The van der Waals surface area contributed by atoms with Crippen molar-refractivity contribution in [3.63, 3.8) is 0 Å². The van der Waals surface area contributed by atoms with Crippen molar-refractivity contribution in [2.24, 2.45) is 4.99 Å². The fourth-order valence-corrected chi connectivity index (χ4v) is 2.57. The van der Waals surface area contributed by atoms with E-state index in [4.69, 9.17) is 27.9 Å². The molecule has 0 aliphatic rings. The third kappa shape index (κ3) is 3.78. The van der Waals surface area contributed by atoms with Gasteiger partial charge in [-0.2, -0.15) is 0 Å². The van der Waals surface area contributed by atoms with Crippen LogP contribution in [0.5, 0.6) is 5.75 Å². The molecule has 0 aromatic heterocycles. The number of hydrogen-bond acceptors (Lipinski definition) is 2. The van der Waals surface area contributed by atoms with Crippen LogP contribution in [-0.2, 0) is 0 Å². The summed E-state index contributed by atoms with van der Waals surface area (Å²) >= 11 is 12.4. The Labute approximate surface area is 135 Å². The van der Waals surface area contributed by atoms with Crippen molar-refractivity contribution in [2.45, 2.75) is 20.8 Å². The third-order valence-electron chi connectivity index (χ3n) is 3.24. The Morgan fingerprint density at radius 2 is 1.81 bits per heavy atom. The topological polar surface area (TPSA) is 21.6 Å². The van der Waals surface area contributed by atoms with Crippen molar-refractivity contribution in [3.05, 3.63) is 57.1 Å². The molecular weight excluding hydrogens is 305 g/mol. The van der Waals surface area contributed by atoms with Crippen molar-refractivity contribution < 1.29 is 4.74 Å². The van der Waals surface area contributed by atoms with E-state index in [2.05, 4.69) is 24.9 Å². The first-order valence-corrected chi connectivity index (χ1v) is 7.50. The van der Waals surface area contributed by atoms with Crippen LogP contribution in [0.4, 0.5) is 5.69 Å². The lowest BCUT2D eigenvalue weighted by molar-refractivity contribution is 0.340. The fourth-order valence-electron chi connectivity index (χ4n) is 1.96. The molecule has 0 atom stereocenters. The first-order chi connectivity index (χ1) is 10.0. The zero-order chi connectivity index (χ0) is 15.4. The van der Waals surface area contributed by atoms with Gasteiger partial charge in [-0.3, -0.25) is 4.99 Å². The maximum atomic E-state index is 6.18. The molecule has 0 N–H and O–H groups in total. The van der Waals surface area contributed by atoms with Crippen molar-refractivity contribution >= 4 is 35.1 Å². The molecule has 0 bridgehead atoms. The van der Waals surface area contributed by atoms with E-state index >= 15 is 0 Å². The first-order valence-electron chi connectivity index (χ1n) is 6.75. The summed E-state index contributed by atoms with van der Waals surface area (Å²) in [4.78, 5) is 4.51. The summed E-state index contributed by atoms with van der Waals surface area (Å²) in [6.07, 6.45) is 1.76. The van der Waals surface area contributed by atoms with Gasteiger partial charge in [0.1, 0.15) is 0 Å². The largest absolute Gasteiger partial charge is 0.491 e. The lowest BCUT2D eigenvalue weighted by atomic mass is 10.1. The molecule has 0 aliphatic carbocycles. The summed E-state index contributed by atoms with van der Waals surface area (Å²) in [6, 6.07) is 9.64. The number of rotatable bonds is 4. The zero-order valence-corrected chi connectivity index (χ0v) is 13.8. The van der Waals surface area contributed by atoms with Gasteiger partial charge in [-0.05, 0) is 55.7 Å². The number of halogens is 2. The van der Waals surface area contributed by atoms with E-state index in [-0.39, 0.29) is 0 Å². The zero-order valence-electron chi connectivity index (χ0n) is 12.3.